The number of aromatic nitrogens is 1. The van der Waals surface area contributed by atoms with Gasteiger partial charge < -0.3 is 24.7 Å². The van der Waals surface area contributed by atoms with Crippen LogP contribution in [0.2, 0.25) is 0 Å². The Balaban J connectivity index is 1.65. The molecule has 3 heterocycles. The zero-order valence-corrected chi connectivity index (χ0v) is 19.1. The van der Waals surface area contributed by atoms with Crippen LogP contribution < -0.4 is 0 Å². The summed E-state index contributed by atoms with van der Waals surface area (Å²) in [6.07, 6.45) is 0. The number of thiophene rings is 1. The molecule has 0 aliphatic heterocycles. The molecule has 6 rings (SSSR count). The van der Waals surface area contributed by atoms with E-state index in [-0.39, 0.29) is 16.3 Å². The second-order valence-corrected chi connectivity index (χ2v) is 9.27. The van der Waals surface area contributed by atoms with Crippen LogP contribution in [0.4, 0.5) is 0 Å². The van der Waals surface area contributed by atoms with E-state index in [0.717, 1.165) is 22.5 Å². The van der Waals surface area contributed by atoms with Crippen molar-refractivity contribution in [2.24, 2.45) is 0 Å². The normalized spacial score (nSPS) is 11.4. The Morgan fingerprint density at radius 3 is 2.19 bits per heavy atom. The smallest absolute Gasteiger partial charge is 0.371 e. The summed E-state index contributed by atoms with van der Waals surface area (Å²) in [7, 11) is 0. The lowest BCUT2D eigenvalue weighted by Gasteiger charge is -2.10. The van der Waals surface area contributed by atoms with Gasteiger partial charge in [0.15, 0.2) is 0 Å². The van der Waals surface area contributed by atoms with E-state index < -0.39 is 17.9 Å². The molecule has 0 saturated heterocycles. The quantitative estimate of drug-likeness (QED) is 0.211. The molecule has 0 spiro atoms. The van der Waals surface area contributed by atoms with E-state index in [9.17, 15) is 29.7 Å². The zero-order chi connectivity index (χ0) is 25.1. The first-order valence-corrected chi connectivity index (χ1v) is 11.5. The van der Waals surface area contributed by atoms with E-state index >= 15 is 0 Å². The molecule has 0 bridgehead atoms. The van der Waals surface area contributed by atoms with Crippen LogP contribution >= 0.6 is 11.3 Å². The van der Waals surface area contributed by atoms with E-state index in [0.29, 0.717) is 43.1 Å². The zero-order valence-electron chi connectivity index (χ0n) is 18.2. The molecule has 6 aromatic rings. The van der Waals surface area contributed by atoms with Gasteiger partial charge >= 0.3 is 17.9 Å². The first-order valence-electron chi connectivity index (χ1n) is 10.7. The molecule has 36 heavy (non-hydrogen) atoms. The fourth-order valence-electron chi connectivity index (χ4n) is 4.56. The lowest BCUT2D eigenvalue weighted by Crippen LogP contribution is -1.94. The topological polar surface area (TPSA) is 141 Å². The Kier molecular flexibility index (Phi) is 4.70. The van der Waals surface area contributed by atoms with Gasteiger partial charge in [0.05, 0.1) is 0 Å². The van der Waals surface area contributed by atoms with Gasteiger partial charge in [-0.3, -0.25) is 0 Å². The van der Waals surface area contributed by atoms with Crippen LogP contribution in [0.1, 0.15) is 30.7 Å². The van der Waals surface area contributed by atoms with Gasteiger partial charge in [0.25, 0.3) is 0 Å². The number of carboxylic acids is 3. The highest BCUT2D eigenvalue weighted by Crippen LogP contribution is 2.44. The van der Waals surface area contributed by atoms with Gasteiger partial charge in [0.1, 0.15) is 16.2 Å². The number of aromatic carboxylic acids is 3. The average Bonchev–Trinajstić information content (AvgIpc) is 3.59. The maximum absolute atomic E-state index is 11.9. The van der Waals surface area contributed by atoms with Crippen molar-refractivity contribution in [2.45, 2.75) is 0 Å². The van der Waals surface area contributed by atoms with Crippen molar-refractivity contribution in [2.75, 3.05) is 0 Å². The number of furan rings is 1. The van der Waals surface area contributed by atoms with E-state index in [4.69, 9.17) is 4.42 Å². The van der Waals surface area contributed by atoms with E-state index in [2.05, 4.69) is 4.98 Å². The van der Waals surface area contributed by atoms with Crippen LogP contribution in [0, 0.1) is 0 Å². The molecule has 3 aromatic heterocycles. The fourth-order valence-corrected chi connectivity index (χ4v) is 5.61. The van der Waals surface area contributed by atoms with Gasteiger partial charge in [-0.25, -0.2) is 14.4 Å². The standard InChI is InChI=1S/C27H15NO7S/c29-25(30)20-10-17-13(4-2-6-19(17)28-20)16-8-7-14(18-11-22(27(33)34)36-24(16)18)15-5-1-3-12-9-21(26(31)32)35-23(12)15/h1-11,28H,(H,29,30)(H,31,32)(H,33,34). The summed E-state index contributed by atoms with van der Waals surface area (Å²) in [5, 5.41) is 30.5. The third kappa shape index (κ3) is 3.25. The number of carboxylic acid groups (broad SMARTS) is 3. The molecule has 0 saturated carbocycles. The predicted octanol–water partition coefficient (Wildman–Crippen LogP) is 6.56. The van der Waals surface area contributed by atoms with Crippen molar-refractivity contribution < 1.29 is 34.1 Å². The van der Waals surface area contributed by atoms with Crippen LogP contribution in [-0.4, -0.2) is 38.2 Å². The predicted molar refractivity (Wildman–Crippen MR) is 135 cm³/mol. The molecule has 0 radical (unpaired) electrons. The van der Waals surface area contributed by atoms with Crippen LogP contribution in [0.15, 0.2) is 71.1 Å². The molecule has 0 aliphatic rings. The lowest BCUT2D eigenvalue weighted by atomic mass is 9.94. The average molecular weight is 497 g/mol. The Morgan fingerprint density at radius 1 is 0.722 bits per heavy atom. The van der Waals surface area contributed by atoms with Gasteiger partial charge in [-0.2, -0.15) is 0 Å². The molecular weight excluding hydrogens is 482 g/mol. The maximum atomic E-state index is 11.9. The summed E-state index contributed by atoms with van der Waals surface area (Å²) in [6, 6.07) is 19.1. The summed E-state index contributed by atoms with van der Waals surface area (Å²) >= 11 is 1.12. The van der Waals surface area contributed by atoms with Crippen LogP contribution in [-0.2, 0) is 0 Å². The van der Waals surface area contributed by atoms with Crippen LogP contribution in [0.25, 0.3) is 54.2 Å². The van der Waals surface area contributed by atoms with Crippen molar-refractivity contribution >= 4 is 61.2 Å². The Labute approximate surface area is 205 Å². The van der Waals surface area contributed by atoms with E-state index in [1.807, 2.05) is 24.3 Å². The Bertz CT molecular complexity index is 1760. The molecule has 8 nitrogen and oxygen atoms in total. The highest BCUT2D eigenvalue weighted by atomic mass is 32.1. The second kappa shape index (κ2) is 7.82. The minimum absolute atomic E-state index is 0.0569. The fraction of sp³-hybridized carbons (Fsp3) is 0. The number of hydrogen-bond donors (Lipinski definition) is 4. The third-order valence-corrected chi connectivity index (χ3v) is 7.28. The summed E-state index contributed by atoms with van der Waals surface area (Å²) in [6.45, 7) is 0. The number of rotatable bonds is 5. The summed E-state index contributed by atoms with van der Waals surface area (Å²) in [5.74, 6) is -3.50. The Hall–Kier alpha value is -4.89. The first-order chi connectivity index (χ1) is 17.3. The number of para-hydroxylation sites is 1. The van der Waals surface area contributed by atoms with Gasteiger partial charge in [-0.05, 0) is 35.4 Å². The molecule has 0 aliphatic carbocycles. The largest absolute Gasteiger partial charge is 0.477 e. The minimum atomic E-state index is -1.18. The SMILES string of the molecule is O=C(O)c1cc2c(-c3ccc(-c4cccc5cc(C(=O)O)oc45)c4cc(C(=O)O)sc34)cccc2[nH]1. The number of carbonyl (C=O) groups is 3. The van der Waals surface area contributed by atoms with Gasteiger partial charge in [-0.15, -0.1) is 11.3 Å². The first kappa shape index (κ1) is 21.6. The highest BCUT2D eigenvalue weighted by molar-refractivity contribution is 7.21. The van der Waals surface area contributed by atoms with Crippen molar-refractivity contribution in [1.29, 1.82) is 0 Å². The molecule has 176 valence electrons. The van der Waals surface area contributed by atoms with Crippen LogP contribution in [0.3, 0.4) is 0 Å². The number of fused-ring (bicyclic) bond motifs is 3. The van der Waals surface area contributed by atoms with Crippen molar-refractivity contribution in [3.63, 3.8) is 0 Å². The van der Waals surface area contributed by atoms with Crippen molar-refractivity contribution in [1.82, 2.24) is 4.98 Å². The molecule has 3 aromatic carbocycles. The number of aromatic amines is 1. The van der Waals surface area contributed by atoms with Crippen LogP contribution in [0.5, 0.6) is 0 Å². The van der Waals surface area contributed by atoms with Crippen molar-refractivity contribution in [3.05, 3.63) is 83.1 Å². The minimum Gasteiger partial charge on any atom is -0.477 e. The molecule has 9 heteroatoms. The van der Waals surface area contributed by atoms with Gasteiger partial charge in [0, 0.05) is 37.5 Å². The maximum Gasteiger partial charge on any atom is 0.371 e. The number of H-pyrrole nitrogens is 1. The van der Waals surface area contributed by atoms with E-state index in [1.165, 1.54) is 6.07 Å². The molecule has 0 atom stereocenters. The van der Waals surface area contributed by atoms with E-state index in [1.54, 1.807) is 36.4 Å². The molecule has 0 unspecified atom stereocenters. The number of hydrogen-bond acceptors (Lipinski definition) is 5. The van der Waals surface area contributed by atoms with Gasteiger partial charge in [0.2, 0.25) is 5.76 Å². The number of benzene rings is 3. The summed E-state index contributed by atoms with van der Waals surface area (Å²) in [4.78, 5) is 37.9. The molecular formula is C27H15NO7S. The highest BCUT2D eigenvalue weighted by Gasteiger charge is 2.21. The third-order valence-electron chi connectivity index (χ3n) is 6.12. The lowest BCUT2D eigenvalue weighted by molar-refractivity contribution is 0.0660. The number of nitrogens with one attached hydrogen (secondary N) is 1. The molecule has 0 fully saturated rings. The summed E-state index contributed by atoms with van der Waals surface area (Å²) < 4.78 is 6.35. The molecule has 4 N–H and O–H groups in total. The second-order valence-electron chi connectivity index (χ2n) is 8.21. The van der Waals surface area contributed by atoms with Gasteiger partial charge in [-0.1, -0.05) is 42.5 Å². The van der Waals surface area contributed by atoms with Crippen molar-refractivity contribution in [3.8, 4) is 22.3 Å². The summed E-state index contributed by atoms with van der Waals surface area (Å²) in [5.41, 5.74) is 3.95. The molecule has 0 amide bonds. The Morgan fingerprint density at radius 2 is 1.44 bits per heavy atom. The monoisotopic (exact) mass is 497 g/mol.